The molecule has 28 heavy (non-hydrogen) atoms. The molecule has 0 radical (unpaired) electrons. The van der Waals surface area contributed by atoms with E-state index in [2.05, 4.69) is 15.8 Å². The Bertz CT molecular complexity index is 1030. The van der Waals surface area contributed by atoms with E-state index in [1.165, 1.54) is 6.07 Å². The smallest absolute Gasteiger partial charge is 0.273 e. The summed E-state index contributed by atoms with van der Waals surface area (Å²) in [6.45, 7) is -0.0745. The molecule has 0 atom stereocenters. The lowest BCUT2D eigenvalue weighted by atomic mass is 10.1. The summed E-state index contributed by atoms with van der Waals surface area (Å²) in [4.78, 5) is 24.2. The molecule has 0 unspecified atom stereocenters. The van der Waals surface area contributed by atoms with Crippen molar-refractivity contribution >= 4 is 29.1 Å². The first-order chi connectivity index (χ1) is 13.6. The van der Waals surface area contributed by atoms with E-state index in [1.54, 1.807) is 42.5 Å². The highest BCUT2D eigenvalue weighted by atomic mass is 35.5. The number of nitrogens with zero attached hydrogens (tertiary/aromatic N) is 1. The van der Waals surface area contributed by atoms with Crippen molar-refractivity contribution in [1.29, 1.82) is 0 Å². The maximum absolute atomic E-state index is 12.2. The van der Waals surface area contributed by atoms with Crippen molar-refractivity contribution in [3.8, 4) is 22.8 Å². The largest absolute Gasteiger partial charge is 0.454 e. The topological polar surface area (TPSA) is 103 Å². The van der Waals surface area contributed by atoms with Crippen LogP contribution in [-0.4, -0.2) is 30.3 Å². The minimum atomic E-state index is -0.523. The monoisotopic (exact) mass is 399 g/mol. The number of hydrogen-bond acceptors (Lipinski definition) is 6. The van der Waals surface area contributed by atoms with E-state index in [4.69, 9.17) is 25.6 Å². The second-order valence-corrected chi connectivity index (χ2v) is 6.32. The van der Waals surface area contributed by atoms with E-state index in [-0.39, 0.29) is 19.0 Å². The first-order valence-electron chi connectivity index (χ1n) is 8.29. The number of hydrogen-bond donors (Lipinski definition) is 2. The SMILES string of the molecule is O=C(CNC(=O)c1cc(-c2ccc(Cl)cc2)on1)Nc1ccc2c(c1)OCO2. The summed E-state index contributed by atoms with van der Waals surface area (Å²) < 4.78 is 15.6. The van der Waals surface area contributed by atoms with Crippen LogP contribution in [-0.2, 0) is 4.79 Å². The highest BCUT2D eigenvalue weighted by molar-refractivity contribution is 6.30. The van der Waals surface area contributed by atoms with Crippen molar-refractivity contribution in [1.82, 2.24) is 10.5 Å². The fourth-order valence-electron chi connectivity index (χ4n) is 2.56. The third kappa shape index (κ3) is 3.91. The van der Waals surface area contributed by atoms with Gasteiger partial charge >= 0.3 is 0 Å². The molecule has 2 amide bonds. The zero-order chi connectivity index (χ0) is 19.5. The lowest BCUT2D eigenvalue weighted by Crippen LogP contribution is -2.33. The average Bonchev–Trinajstić information content (AvgIpc) is 3.36. The van der Waals surface area contributed by atoms with Gasteiger partial charge in [-0.3, -0.25) is 9.59 Å². The van der Waals surface area contributed by atoms with Crippen LogP contribution in [0.25, 0.3) is 11.3 Å². The number of benzene rings is 2. The first-order valence-corrected chi connectivity index (χ1v) is 8.66. The van der Waals surface area contributed by atoms with Gasteiger partial charge in [0.05, 0.1) is 6.54 Å². The summed E-state index contributed by atoms with van der Waals surface area (Å²) in [5.41, 5.74) is 1.34. The second-order valence-electron chi connectivity index (χ2n) is 5.88. The normalized spacial score (nSPS) is 11.9. The maximum atomic E-state index is 12.2. The Morgan fingerprint density at radius 3 is 2.64 bits per heavy atom. The summed E-state index contributed by atoms with van der Waals surface area (Å²) in [7, 11) is 0. The third-order valence-electron chi connectivity index (χ3n) is 3.94. The van der Waals surface area contributed by atoms with Crippen molar-refractivity contribution in [2.45, 2.75) is 0 Å². The van der Waals surface area contributed by atoms with Gasteiger partial charge in [0.25, 0.3) is 5.91 Å². The van der Waals surface area contributed by atoms with Gasteiger partial charge in [-0.15, -0.1) is 0 Å². The predicted molar refractivity (Wildman–Crippen MR) is 100 cm³/mol. The van der Waals surface area contributed by atoms with Gasteiger partial charge in [-0.1, -0.05) is 16.8 Å². The van der Waals surface area contributed by atoms with Crippen molar-refractivity contribution in [2.24, 2.45) is 0 Å². The number of anilines is 1. The molecule has 8 nitrogen and oxygen atoms in total. The highest BCUT2D eigenvalue weighted by Gasteiger charge is 2.16. The molecule has 0 aliphatic carbocycles. The lowest BCUT2D eigenvalue weighted by Gasteiger charge is -2.06. The van der Waals surface area contributed by atoms with Gasteiger partial charge < -0.3 is 24.6 Å². The number of fused-ring (bicyclic) bond motifs is 1. The molecule has 1 aliphatic rings. The van der Waals surface area contributed by atoms with Crippen LogP contribution < -0.4 is 20.1 Å². The molecule has 0 bridgehead atoms. The van der Waals surface area contributed by atoms with E-state index in [9.17, 15) is 9.59 Å². The first kappa shape index (κ1) is 17.9. The molecule has 0 saturated heterocycles. The van der Waals surface area contributed by atoms with Crippen LogP contribution in [0.4, 0.5) is 5.69 Å². The van der Waals surface area contributed by atoms with Crippen LogP contribution in [0.15, 0.2) is 53.1 Å². The van der Waals surface area contributed by atoms with Crippen LogP contribution in [0.3, 0.4) is 0 Å². The zero-order valence-corrected chi connectivity index (χ0v) is 15.2. The minimum absolute atomic E-state index is 0.0702. The van der Waals surface area contributed by atoms with Crippen molar-refractivity contribution in [2.75, 3.05) is 18.7 Å². The molecule has 0 spiro atoms. The van der Waals surface area contributed by atoms with E-state index in [0.717, 1.165) is 5.56 Å². The molecule has 1 aliphatic heterocycles. The third-order valence-corrected chi connectivity index (χ3v) is 4.19. The van der Waals surface area contributed by atoms with E-state index in [0.29, 0.717) is 28.0 Å². The average molecular weight is 400 g/mol. The number of ether oxygens (including phenoxy) is 2. The molecule has 2 aromatic carbocycles. The molecular formula is C19H14ClN3O5. The van der Waals surface area contributed by atoms with Crippen LogP contribution in [0.2, 0.25) is 5.02 Å². The maximum Gasteiger partial charge on any atom is 0.273 e. The summed E-state index contributed by atoms with van der Waals surface area (Å²) in [6, 6.07) is 13.5. The van der Waals surface area contributed by atoms with Gasteiger partial charge in [-0.2, -0.15) is 0 Å². The fourth-order valence-corrected chi connectivity index (χ4v) is 2.69. The number of carbonyl (C=O) groups excluding carboxylic acids is 2. The molecular weight excluding hydrogens is 386 g/mol. The molecule has 0 saturated carbocycles. The minimum Gasteiger partial charge on any atom is -0.454 e. The van der Waals surface area contributed by atoms with Gasteiger partial charge in [0.1, 0.15) is 0 Å². The number of halogens is 1. The van der Waals surface area contributed by atoms with Gasteiger partial charge in [0.15, 0.2) is 23.0 Å². The Labute approximate surface area is 164 Å². The molecule has 142 valence electrons. The Morgan fingerprint density at radius 1 is 1.04 bits per heavy atom. The molecule has 2 N–H and O–H groups in total. The predicted octanol–water partition coefficient (Wildman–Crippen LogP) is 3.09. The van der Waals surface area contributed by atoms with E-state index >= 15 is 0 Å². The summed E-state index contributed by atoms with van der Waals surface area (Å²) in [5, 5.41) is 9.49. The Hall–Kier alpha value is -3.52. The number of aromatic nitrogens is 1. The molecule has 3 aromatic rings. The second kappa shape index (κ2) is 7.61. The summed E-state index contributed by atoms with van der Waals surface area (Å²) in [6.07, 6.45) is 0. The lowest BCUT2D eigenvalue weighted by molar-refractivity contribution is -0.115. The van der Waals surface area contributed by atoms with Gasteiger partial charge in [-0.25, -0.2) is 0 Å². The Morgan fingerprint density at radius 2 is 1.82 bits per heavy atom. The highest BCUT2D eigenvalue weighted by Crippen LogP contribution is 2.34. The van der Waals surface area contributed by atoms with Crippen LogP contribution >= 0.6 is 11.6 Å². The Kier molecular flexibility index (Phi) is 4.86. The van der Waals surface area contributed by atoms with Gasteiger partial charge in [0, 0.05) is 28.4 Å². The van der Waals surface area contributed by atoms with Crippen LogP contribution in [0.1, 0.15) is 10.5 Å². The molecule has 2 heterocycles. The van der Waals surface area contributed by atoms with Crippen molar-refractivity contribution in [3.05, 3.63) is 59.2 Å². The van der Waals surface area contributed by atoms with E-state index < -0.39 is 11.8 Å². The van der Waals surface area contributed by atoms with Gasteiger partial charge in [0.2, 0.25) is 12.7 Å². The molecule has 4 rings (SSSR count). The number of amides is 2. The number of rotatable bonds is 5. The molecule has 0 fully saturated rings. The van der Waals surface area contributed by atoms with Crippen molar-refractivity contribution < 1.29 is 23.6 Å². The van der Waals surface area contributed by atoms with Crippen molar-refractivity contribution in [3.63, 3.8) is 0 Å². The fraction of sp³-hybridized carbons (Fsp3) is 0.105. The summed E-state index contributed by atoms with van der Waals surface area (Å²) in [5.74, 6) is 0.679. The van der Waals surface area contributed by atoms with Crippen LogP contribution in [0.5, 0.6) is 11.5 Å². The van der Waals surface area contributed by atoms with Gasteiger partial charge in [-0.05, 0) is 36.4 Å². The molecule has 1 aromatic heterocycles. The quantitative estimate of drug-likeness (QED) is 0.683. The number of carbonyl (C=O) groups is 2. The van der Waals surface area contributed by atoms with E-state index in [1.807, 2.05) is 0 Å². The number of nitrogens with one attached hydrogen (secondary N) is 2. The standard InChI is InChI=1S/C19H14ClN3O5/c20-12-3-1-11(2-4-12)16-8-14(23-28-16)19(25)21-9-18(24)22-13-5-6-15-17(7-13)27-10-26-15/h1-8H,9-10H2,(H,21,25)(H,22,24). The molecule has 9 heteroatoms. The zero-order valence-electron chi connectivity index (χ0n) is 14.4. The van der Waals surface area contributed by atoms with Crippen LogP contribution in [0, 0.1) is 0 Å². The summed E-state index contributed by atoms with van der Waals surface area (Å²) >= 11 is 5.85. The Balaban J connectivity index is 1.33.